The molecule has 4 aromatic heterocycles. The minimum atomic E-state index is 0.0586. The summed E-state index contributed by atoms with van der Waals surface area (Å²) >= 11 is 3.69. The number of fused-ring (bicyclic) bond motifs is 6. The predicted octanol–water partition coefficient (Wildman–Crippen LogP) is 9.88. The fourth-order valence-corrected chi connectivity index (χ4v) is 7.44. The van der Waals surface area contributed by atoms with Crippen molar-refractivity contribution >= 4 is 63.9 Å². The van der Waals surface area contributed by atoms with Gasteiger partial charge in [0.1, 0.15) is 11.3 Å². The third-order valence-corrected chi connectivity index (χ3v) is 8.83. The van der Waals surface area contributed by atoms with Crippen LogP contribution in [0.2, 0.25) is 0 Å². The molecule has 0 aliphatic heterocycles. The van der Waals surface area contributed by atoms with Gasteiger partial charge in [-0.05, 0) is 77.4 Å². The number of benzene rings is 2. The largest absolute Gasteiger partial charge is 0.461 e. The number of aryl methyl sites for hydroxylation is 1. The summed E-state index contributed by atoms with van der Waals surface area (Å²) in [5, 5.41) is 7.34. The topological polar surface area (TPSA) is 26.0 Å². The number of pyridine rings is 1. The first kappa shape index (κ1) is 21.8. The zero-order valence-electron chi connectivity index (χ0n) is 20.6. The van der Waals surface area contributed by atoms with Crippen molar-refractivity contribution in [3.63, 3.8) is 0 Å². The van der Waals surface area contributed by atoms with E-state index in [-0.39, 0.29) is 5.41 Å². The third kappa shape index (κ3) is 3.30. The van der Waals surface area contributed by atoms with Gasteiger partial charge in [-0.3, -0.25) is 4.98 Å². The van der Waals surface area contributed by atoms with Crippen molar-refractivity contribution in [1.82, 2.24) is 4.98 Å². The van der Waals surface area contributed by atoms with Gasteiger partial charge >= 0.3 is 0 Å². The van der Waals surface area contributed by atoms with Crippen LogP contribution in [0.15, 0.2) is 52.4 Å². The van der Waals surface area contributed by atoms with Crippen molar-refractivity contribution in [2.75, 3.05) is 0 Å². The lowest BCUT2D eigenvalue weighted by Crippen LogP contribution is -2.11. The number of aromatic nitrogens is 1. The highest BCUT2D eigenvalue weighted by Gasteiger charge is 2.23. The Morgan fingerprint density at radius 3 is 2.53 bits per heavy atom. The molecule has 0 aliphatic rings. The zero-order valence-corrected chi connectivity index (χ0v) is 22.2. The molecule has 0 saturated carbocycles. The van der Waals surface area contributed by atoms with E-state index in [4.69, 9.17) is 9.40 Å². The van der Waals surface area contributed by atoms with E-state index >= 15 is 0 Å². The third-order valence-electron chi connectivity index (χ3n) is 6.75. The molecule has 0 bridgehead atoms. The Morgan fingerprint density at radius 2 is 1.76 bits per heavy atom. The van der Waals surface area contributed by atoms with E-state index in [1.54, 1.807) is 0 Å². The molecule has 6 aromatic rings. The molecule has 0 unspecified atom stereocenters. The summed E-state index contributed by atoms with van der Waals surface area (Å²) in [5.74, 6) is 1.60. The standard InChI is InChI=1S/C30H29NOS2/c1-16(2)13-20-17(3)32-22-7-8-23-26(25(20)22)27-24(34-23)9-11-31-28(27)19-14-18-10-12-33-29(18)21(15-19)30(4,5)6/h7-12,14-16H,13H2,1-6H3. The summed E-state index contributed by atoms with van der Waals surface area (Å²) < 4.78 is 10.2. The molecule has 4 heteroatoms. The molecule has 0 amide bonds. The molecular formula is C30H29NOS2. The maximum atomic E-state index is 6.27. The Labute approximate surface area is 208 Å². The minimum Gasteiger partial charge on any atom is -0.461 e. The quantitative estimate of drug-likeness (QED) is 0.250. The monoisotopic (exact) mass is 483 g/mol. The SMILES string of the molecule is Cc1oc2ccc3sc4ccnc(-c5cc(C(C)(C)C)c6sccc6c5)c4c3c2c1CC(C)C. The molecule has 0 saturated heterocycles. The van der Waals surface area contributed by atoms with Crippen molar-refractivity contribution in [1.29, 1.82) is 0 Å². The van der Waals surface area contributed by atoms with Crippen LogP contribution in [0.1, 0.15) is 51.5 Å². The summed E-state index contributed by atoms with van der Waals surface area (Å²) in [7, 11) is 0. The van der Waals surface area contributed by atoms with Gasteiger partial charge in [0.25, 0.3) is 0 Å². The Bertz CT molecular complexity index is 1710. The first-order valence-electron chi connectivity index (χ1n) is 12.0. The Morgan fingerprint density at radius 1 is 0.971 bits per heavy atom. The predicted molar refractivity (Wildman–Crippen MR) is 150 cm³/mol. The second-order valence-corrected chi connectivity index (χ2v) is 12.8. The van der Waals surface area contributed by atoms with Gasteiger partial charge in [-0.15, -0.1) is 22.7 Å². The highest BCUT2D eigenvalue weighted by Crippen LogP contribution is 2.46. The van der Waals surface area contributed by atoms with Crippen LogP contribution in [0.4, 0.5) is 0 Å². The highest BCUT2D eigenvalue weighted by molar-refractivity contribution is 7.26. The number of hydrogen-bond acceptors (Lipinski definition) is 4. The zero-order chi connectivity index (χ0) is 23.8. The molecule has 34 heavy (non-hydrogen) atoms. The van der Waals surface area contributed by atoms with Crippen molar-refractivity contribution < 1.29 is 4.42 Å². The second kappa shape index (κ2) is 7.66. The van der Waals surface area contributed by atoms with Gasteiger partial charge < -0.3 is 4.42 Å². The second-order valence-electron chi connectivity index (χ2n) is 10.8. The number of furan rings is 1. The summed E-state index contributed by atoms with van der Waals surface area (Å²) in [6, 6.07) is 13.5. The van der Waals surface area contributed by atoms with Crippen molar-refractivity contribution in [2.45, 2.75) is 53.4 Å². The lowest BCUT2D eigenvalue weighted by molar-refractivity contribution is 0.560. The molecule has 0 N–H and O–H groups in total. The van der Waals surface area contributed by atoms with Crippen LogP contribution >= 0.6 is 22.7 Å². The lowest BCUT2D eigenvalue weighted by atomic mass is 9.84. The molecule has 2 aromatic carbocycles. The molecule has 0 radical (unpaired) electrons. The average molecular weight is 484 g/mol. The van der Waals surface area contributed by atoms with Gasteiger partial charge in [0, 0.05) is 47.6 Å². The Balaban J connectivity index is 1.75. The molecule has 0 atom stereocenters. The van der Waals surface area contributed by atoms with Crippen molar-refractivity contribution in [3.05, 3.63) is 64.9 Å². The summed E-state index contributed by atoms with van der Waals surface area (Å²) in [4.78, 5) is 5.00. The Kier molecular flexibility index (Phi) is 4.91. The summed E-state index contributed by atoms with van der Waals surface area (Å²) in [6.45, 7) is 13.6. The van der Waals surface area contributed by atoms with Gasteiger partial charge in [-0.1, -0.05) is 34.6 Å². The number of rotatable bonds is 3. The molecule has 6 rings (SSSR count). The van der Waals surface area contributed by atoms with Crippen LogP contribution in [0.5, 0.6) is 0 Å². The van der Waals surface area contributed by atoms with Gasteiger partial charge in [0.15, 0.2) is 0 Å². The first-order valence-corrected chi connectivity index (χ1v) is 13.7. The van der Waals surface area contributed by atoms with Crippen molar-refractivity contribution in [3.8, 4) is 11.3 Å². The van der Waals surface area contributed by atoms with Gasteiger partial charge in [0.2, 0.25) is 0 Å². The van der Waals surface area contributed by atoms with Crippen LogP contribution in [-0.4, -0.2) is 4.98 Å². The van der Waals surface area contributed by atoms with Crippen LogP contribution in [0.3, 0.4) is 0 Å². The average Bonchev–Trinajstić information content (AvgIpc) is 3.47. The summed E-state index contributed by atoms with van der Waals surface area (Å²) in [5.41, 5.74) is 6.04. The molecule has 172 valence electrons. The number of nitrogens with zero attached hydrogens (tertiary/aromatic N) is 1. The van der Waals surface area contributed by atoms with Crippen LogP contribution in [-0.2, 0) is 11.8 Å². The van der Waals surface area contributed by atoms with E-state index in [1.165, 1.54) is 52.3 Å². The Hall–Kier alpha value is -2.69. The van der Waals surface area contributed by atoms with Crippen LogP contribution in [0.25, 0.3) is 52.5 Å². The molecule has 0 spiro atoms. The first-order chi connectivity index (χ1) is 16.2. The van der Waals surface area contributed by atoms with E-state index in [0.29, 0.717) is 5.92 Å². The maximum absolute atomic E-state index is 6.27. The molecule has 0 fully saturated rings. The smallest absolute Gasteiger partial charge is 0.135 e. The van der Waals surface area contributed by atoms with Gasteiger partial charge in [0.05, 0.1) is 5.69 Å². The van der Waals surface area contributed by atoms with Crippen molar-refractivity contribution in [2.24, 2.45) is 5.92 Å². The lowest BCUT2D eigenvalue weighted by Gasteiger charge is -2.21. The van der Waals surface area contributed by atoms with E-state index in [2.05, 4.69) is 83.3 Å². The molecule has 4 heterocycles. The fraction of sp³-hybridized carbons (Fsp3) is 0.300. The number of hydrogen-bond donors (Lipinski definition) is 0. The van der Waals surface area contributed by atoms with E-state index in [9.17, 15) is 0 Å². The van der Waals surface area contributed by atoms with Gasteiger partial charge in [-0.2, -0.15) is 0 Å². The number of thiophene rings is 2. The summed E-state index contributed by atoms with van der Waals surface area (Å²) in [6.07, 6.45) is 2.98. The molecule has 0 aliphatic carbocycles. The van der Waals surface area contributed by atoms with Crippen LogP contribution in [0, 0.1) is 12.8 Å². The fourth-order valence-electron chi connectivity index (χ4n) is 5.22. The van der Waals surface area contributed by atoms with E-state index in [1.807, 2.05) is 28.9 Å². The molecular weight excluding hydrogens is 454 g/mol. The van der Waals surface area contributed by atoms with Gasteiger partial charge in [-0.25, -0.2) is 0 Å². The highest BCUT2D eigenvalue weighted by atomic mass is 32.1. The minimum absolute atomic E-state index is 0.0586. The molecule has 2 nitrogen and oxygen atoms in total. The normalized spacial score (nSPS) is 12.8. The van der Waals surface area contributed by atoms with Crippen LogP contribution < -0.4 is 0 Å². The van der Waals surface area contributed by atoms with E-state index < -0.39 is 0 Å². The van der Waals surface area contributed by atoms with E-state index in [0.717, 1.165) is 23.5 Å². The maximum Gasteiger partial charge on any atom is 0.135 e.